The molecular weight excluding hydrogens is 323 g/mol. The molecule has 1 unspecified atom stereocenters. The molecule has 0 amide bonds. The molecule has 106 valence electrons. The quantitative estimate of drug-likeness (QED) is 0.908. The lowest BCUT2D eigenvalue weighted by Gasteiger charge is -2.11. The molecule has 2 rings (SSSR count). The van der Waals surface area contributed by atoms with Crippen LogP contribution in [0.2, 0.25) is 0 Å². The highest BCUT2D eigenvalue weighted by molar-refractivity contribution is 9.10. The summed E-state index contributed by atoms with van der Waals surface area (Å²) < 4.78 is 19.5. The number of ether oxygens (including phenoxy) is 1. The van der Waals surface area contributed by atoms with Crippen molar-refractivity contribution >= 4 is 15.9 Å². The maximum absolute atomic E-state index is 13.0. The molecule has 0 fully saturated rings. The molecule has 1 aromatic heterocycles. The Bertz CT molecular complexity index is 590. The van der Waals surface area contributed by atoms with Crippen LogP contribution in [0, 0.1) is 5.82 Å². The number of pyridine rings is 1. The smallest absolute Gasteiger partial charge is 0.141 e. The van der Waals surface area contributed by atoms with Crippen LogP contribution in [0.5, 0.6) is 5.75 Å². The topological polar surface area (TPSA) is 48.1 Å². The minimum Gasteiger partial charge on any atom is -0.488 e. The van der Waals surface area contributed by atoms with Crippen LogP contribution >= 0.6 is 15.9 Å². The number of benzene rings is 1. The van der Waals surface area contributed by atoms with E-state index in [1.54, 1.807) is 6.20 Å². The Morgan fingerprint density at radius 1 is 1.30 bits per heavy atom. The fourth-order valence-electron chi connectivity index (χ4n) is 1.86. The second-order valence-electron chi connectivity index (χ2n) is 4.75. The number of nitrogens with two attached hydrogens (primary N) is 1. The lowest BCUT2D eigenvalue weighted by molar-refractivity contribution is 0.303. The molecule has 0 aliphatic carbocycles. The molecule has 0 aliphatic heterocycles. The van der Waals surface area contributed by atoms with Gasteiger partial charge in [-0.25, -0.2) is 4.39 Å². The van der Waals surface area contributed by atoms with Crippen molar-refractivity contribution in [3.8, 4) is 5.75 Å². The highest BCUT2D eigenvalue weighted by Gasteiger charge is 2.05. The zero-order chi connectivity index (χ0) is 14.5. The van der Waals surface area contributed by atoms with Gasteiger partial charge in [0.2, 0.25) is 0 Å². The Balaban J connectivity index is 2.03. The average Bonchev–Trinajstić information content (AvgIpc) is 2.37. The lowest BCUT2D eigenvalue weighted by atomic mass is 10.1. The Labute approximate surface area is 126 Å². The SMILES string of the molecule is CC(N)Cc1ccc(OCc2cncc(F)c2)c(Br)c1. The average molecular weight is 339 g/mol. The molecule has 0 saturated carbocycles. The molecule has 2 aromatic rings. The number of aromatic nitrogens is 1. The van der Waals surface area contributed by atoms with Crippen LogP contribution < -0.4 is 10.5 Å². The van der Waals surface area contributed by atoms with Crippen LogP contribution in [-0.2, 0) is 13.0 Å². The van der Waals surface area contributed by atoms with E-state index < -0.39 is 0 Å². The summed E-state index contributed by atoms with van der Waals surface area (Å²) in [6.45, 7) is 2.24. The second kappa shape index (κ2) is 6.81. The Kier molecular flexibility index (Phi) is 5.09. The van der Waals surface area contributed by atoms with Crippen molar-refractivity contribution in [3.63, 3.8) is 0 Å². The molecule has 0 radical (unpaired) electrons. The number of hydrogen-bond acceptors (Lipinski definition) is 3. The minimum atomic E-state index is -0.363. The maximum Gasteiger partial charge on any atom is 0.141 e. The first-order chi connectivity index (χ1) is 9.54. The van der Waals surface area contributed by atoms with Gasteiger partial charge in [-0.2, -0.15) is 0 Å². The van der Waals surface area contributed by atoms with E-state index in [1.807, 2.05) is 25.1 Å². The van der Waals surface area contributed by atoms with Crippen molar-refractivity contribution in [2.24, 2.45) is 5.73 Å². The number of halogens is 2. The van der Waals surface area contributed by atoms with Crippen LogP contribution in [0.15, 0.2) is 41.1 Å². The highest BCUT2D eigenvalue weighted by atomic mass is 79.9. The van der Waals surface area contributed by atoms with E-state index in [1.165, 1.54) is 12.3 Å². The van der Waals surface area contributed by atoms with Crippen molar-refractivity contribution < 1.29 is 9.13 Å². The lowest BCUT2D eigenvalue weighted by Crippen LogP contribution is -2.17. The van der Waals surface area contributed by atoms with E-state index in [0.29, 0.717) is 11.3 Å². The third kappa shape index (κ3) is 4.28. The molecule has 1 aromatic carbocycles. The number of rotatable bonds is 5. The third-order valence-corrected chi connectivity index (χ3v) is 3.33. The first-order valence-corrected chi connectivity index (χ1v) is 7.10. The van der Waals surface area contributed by atoms with E-state index in [-0.39, 0.29) is 18.5 Å². The van der Waals surface area contributed by atoms with Gasteiger partial charge < -0.3 is 10.5 Å². The number of nitrogens with zero attached hydrogens (tertiary/aromatic N) is 1. The molecule has 1 heterocycles. The van der Waals surface area contributed by atoms with E-state index in [0.717, 1.165) is 16.5 Å². The number of hydrogen-bond donors (Lipinski definition) is 1. The van der Waals surface area contributed by atoms with Crippen LogP contribution in [-0.4, -0.2) is 11.0 Å². The third-order valence-electron chi connectivity index (χ3n) is 2.71. The summed E-state index contributed by atoms with van der Waals surface area (Å²) in [5, 5.41) is 0. The van der Waals surface area contributed by atoms with Crippen LogP contribution in [0.25, 0.3) is 0 Å². The van der Waals surface area contributed by atoms with Gasteiger partial charge in [-0.15, -0.1) is 0 Å². The Hall–Kier alpha value is -1.46. The second-order valence-corrected chi connectivity index (χ2v) is 5.60. The van der Waals surface area contributed by atoms with Gasteiger partial charge in [-0.3, -0.25) is 4.98 Å². The zero-order valence-electron chi connectivity index (χ0n) is 11.1. The van der Waals surface area contributed by atoms with Crippen molar-refractivity contribution in [1.82, 2.24) is 4.98 Å². The fourth-order valence-corrected chi connectivity index (χ4v) is 2.40. The van der Waals surface area contributed by atoms with E-state index >= 15 is 0 Å². The summed E-state index contributed by atoms with van der Waals surface area (Å²) in [6, 6.07) is 7.38. The molecule has 0 bridgehead atoms. The molecule has 2 N–H and O–H groups in total. The van der Waals surface area contributed by atoms with Crippen LogP contribution in [0.4, 0.5) is 4.39 Å². The minimum absolute atomic E-state index is 0.118. The molecule has 0 spiro atoms. The summed E-state index contributed by atoms with van der Waals surface area (Å²) in [6.07, 6.45) is 3.57. The zero-order valence-corrected chi connectivity index (χ0v) is 12.7. The van der Waals surface area contributed by atoms with Crippen molar-refractivity contribution in [2.75, 3.05) is 0 Å². The first kappa shape index (κ1) is 14.9. The molecule has 20 heavy (non-hydrogen) atoms. The van der Waals surface area contributed by atoms with E-state index in [2.05, 4.69) is 20.9 Å². The van der Waals surface area contributed by atoms with Gasteiger partial charge in [0, 0.05) is 17.8 Å². The van der Waals surface area contributed by atoms with Gasteiger partial charge in [0.15, 0.2) is 0 Å². The summed E-state index contributed by atoms with van der Waals surface area (Å²) >= 11 is 3.47. The first-order valence-electron chi connectivity index (χ1n) is 6.31. The fraction of sp³-hybridized carbons (Fsp3) is 0.267. The van der Waals surface area contributed by atoms with Gasteiger partial charge in [0.05, 0.1) is 10.7 Å². The van der Waals surface area contributed by atoms with Crippen LogP contribution in [0.1, 0.15) is 18.1 Å². The van der Waals surface area contributed by atoms with E-state index in [9.17, 15) is 4.39 Å². The molecule has 0 saturated heterocycles. The standard InChI is InChI=1S/C15H16BrFN2O/c1-10(18)4-11-2-3-15(14(16)6-11)20-9-12-5-13(17)8-19-7-12/h2-3,5-8,10H,4,9,18H2,1H3. The molecule has 5 heteroatoms. The van der Waals surface area contributed by atoms with E-state index in [4.69, 9.17) is 10.5 Å². The van der Waals surface area contributed by atoms with Gasteiger partial charge in [-0.05, 0) is 53.0 Å². The predicted molar refractivity (Wildman–Crippen MR) is 80.0 cm³/mol. The Morgan fingerprint density at radius 2 is 2.10 bits per heavy atom. The molecular formula is C15H16BrFN2O. The molecule has 3 nitrogen and oxygen atoms in total. The molecule has 0 aliphatic rings. The normalized spacial score (nSPS) is 12.2. The van der Waals surface area contributed by atoms with Gasteiger partial charge in [0.1, 0.15) is 18.2 Å². The summed E-state index contributed by atoms with van der Waals surface area (Å²) in [7, 11) is 0. The monoisotopic (exact) mass is 338 g/mol. The predicted octanol–water partition coefficient (Wildman–Crippen LogP) is 3.45. The van der Waals surface area contributed by atoms with Crippen molar-refractivity contribution in [3.05, 3.63) is 58.1 Å². The Morgan fingerprint density at radius 3 is 2.75 bits per heavy atom. The van der Waals surface area contributed by atoms with Crippen molar-refractivity contribution in [1.29, 1.82) is 0 Å². The van der Waals surface area contributed by atoms with Crippen LogP contribution in [0.3, 0.4) is 0 Å². The largest absolute Gasteiger partial charge is 0.488 e. The maximum atomic E-state index is 13.0. The van der Waals surface area contributed by atoms with Crippen molar-refractivity contribution in [2.45, 2.75) is 26.0 Å². The summed E-state index contributed by atoms with van der Waals surface area (Å²) in [4.78, 5) is 3.79. The summed E-state index contributed by atoms with van der Waals surface area (Å²) in [5.41, 5.74) is 7.61. The van der Waals surface area contributed by atoms with Gasteiger partial charge in [0.25, 0.3) is 0 Å². The highest BCUT2D eigenvalue weighted by Crippen LogP contribution is 2.27. The molecule has 1 atom stereocenters. The van der Waals surface area contributed by atoms with Gasteiger partial charge in [-0.1, -0.05) is 6.07 Å². The summed E-state index contributed by atoms with van der Waals surface area (Å²) in [5.74, 6) is 0.347. The van der Waals surface area contributed by atoms with Gasteiger partial charge >= 0.3 is 0 Å².